The van der Waals surface area contributed by atoms with Crippen LogP contribution in [0.15, 0.2) is 24.3 Å². The molecular weight excluding hydrogens is 232 g/mol. The van der Waals surface area contributed by atoms with Crippen LogP contribution in [-0.2, 0) is 12.0 Å². The van der Waals surface area contributed by atoms with Crippen LogP contribution in [0.2, 0.25) is 0 Å². The van der Waals surface area contributed by atoms with Crippen LogP contribution in [0.5, 0.6) is 0 Å². The van der Waals surface area contributed by atoms with Gasteiger partial charge in [0, 0.05) is 11.6 Å². The Morgan fingerprint density at radius 3 is 2.32 bits per heavy atom. The molecule has 0 bridgehead atoms. The Morgan fingerprint density at radius 1 is 1.11 bits per heavy atom. The second-order valence-corrected chi connectivity index (χ2v) is 6.15. The summed E-state index contributed by atoms with van der Waals surface area (Å²) >= 11 is 0. The van der Waals surface area contributed by atoms with Crippen molar-refractivity contribution in [2.75, 3.05) is 0 Å². The molecule has 0 atom stereocenters. The van der Waals surface area contributed by atoms with Crippen LogP contribution in [0, 0.1) is 0 Å². The average Bonchev–Trinajstić information content (AvgIpc) is 2.43. The molecule has 2 heteroatoms. The van der Waals surface area contributed by atoms with Crippen molar-refractivity contribution in [2.45, 2.75) is 69.9 Å². The number of hydrogen-bond acceptors (Lipinski definition) is 2. The van der Waals surface area contributed by atoms with Crippen molar-refractivity contribution in [3.05, 3.63) is 35.4 Å². The molecule has 1 aromatic rings. The van der Waals surface area contributed by atoms with E-state index in [1.54, 1.807) is 0 Å². The predicted molar refractivity (Wildman–Crippen MR) is 82.0 cm³/mol. The van der Waals surface area contributed by atoms with Gasteiger partial charge in [0.2, 0.25) is 0 Å². The second kappa shape index (κ2) is 6.53. The number of rotatable bonds is 5. The third-order valence-electron chi connectivity index (χ3n) is 4.52. The number of unbranched alkanes of at least 4 members (excludes halogenated alkanes) is 2. The molecule has 2 rings (SSSR count). The van der Waals surface area contributed by atoms with E-state index >= 15 is 0 Å². The maximum Gasteiger partial charge on any atom is 0.0410 e. The molecule has 0 saturated heterocycles. The summed E-state index contributed by atoms with van der Waals surface area (Å²) in [5.74, 6) is 0. The average molecular weight is 260 g/mol. The Kier molecular flexibility index (Phi) is 5.00. The van der Waals surface area contributed by atoms with Crippen LogP contribution in [0.4, 0.5) is 0 Å². The van der Waals surface area contributed by atoms with Crippen LogP contribution in [-0.4, -0.2) is 6.04 Å². The minimum absolute atomic E-state index is 0.141. The van der Waals surface area contributed by atoms with Crippen molar-refractivity contribution >= 4 is 0 Å². The summed E-state index contributed by atoms with van der Waals surface area (Å²) in [6.07, 6.45) is 9.22. The Labute approximate surface area is 117 Å². The van der Waals surface area contributed by atoms with Gasteiger partial charge in [-0.3, -0.25) is 0 Å². The molecule has 4 N–H and O–H groups in total. The highest BCUT2D eigenvalue weighted by atomic mass is 14.8. The third kappa shape index (κ3) is 3.80. The highest BCUT2D eigenvalue weighted by Gasteiger charge is 2.31. The standard InChI is InChI=1S/C17H28N2/c1-2-3-4-5-14-6-8-15(9-7-14)17(19)12-10-16(18)11-13-17/h6-9,16H,2-5,10-13,18-19H2,1H3. The lowest BCUT2D eigenvalue weighted by atomic mass is 9.76. The van der Waals surface area contributed by atoms with E-state index in [4.69, 9.17) is 11.5 Å². The number of nitrogens with two attached hydrogens (primary N) is 2. The summed E-state index contributed by atoms with van der Waals surface area (Å²) in [6, 6.07) is 9.34. The van der Waals surface area contributed by atoms with Crippen LogP contribution in [0.1, 0.15) is 63.0 Å². The van der Waals surface area contributed by atoms with Gasteiger partial charge < -0.3 is 11.5 Å². The van der Waals surface area contributed by atoms with Crippen LogP contribution < -0.4 is 11.5 Å². The van der Waals surface area contributed by atoms with Gasteiger partial charge in [-0.1, -0.05) is 44.0 Å². The molecule has 1 aliphatic rings. The molecule has 0 amide bonds. The zero-order valence-electron chi connectivity index (χ0n) is 12.2. The van der Waals surface area contributed by atoms with E-state index in [9.17, 15) is 0 Å². The van der Waals surface area contributed by atoms with Gasteiger partial charge in [0.15, 0.2) is 0 Å². The first-order valence-electron chi connectivity index (χ1n) is 7.78. The van der Waals surface area contributed by atoms with Gasteiger partial charge in [-0.2, -0.15) is 0 Å². The summed E-state index contributed by atoms with van der Waals surface area (Å²) in [6.45, 7) is 2.25. The van der Waals surface area contributed by atoms with Gasteiger partial charge in [0.1, 0.15) is 0 Å². The lowest BCUT2D eigenvalue weighted by Crippen LogP contribution is -2.43. The van der Waals surface area contributed by atoms with E-state index < -0.39 is 0 Å². The molecule has 19 heavy (non-hydrogen) atoms. The SMILES string of the molecule is CCCCCc1ccc(C2(N)CCC(N)CC2)cc1. The minimum atomic E-state index is -0.141. The summed E-state index contributed by atoms with van der Waals surface area (Å²) in [5, 5.41) is 0. The molecule has 0 spiro atoms. The molecule has 0 aliphatic heterocycles. The minimum Gasteiger partial charge on any atom is -0.328 e. The summed E-state index contributed by atoms with van der Waals surface area (Å²) in [4.78, 5) is 0. The van der Waals surface area contributed by atoms with Crippen LogP contribution >= 0.6 is 0 Å². The van der Waals surface area contributed by atoms with E-state index in [0.717, 1.165) is 25.7 Å². The van der Waals surface area contributed by atoms with Crippen molar-refractivity contribution in [3.63, 3.8) is 0 Å². The number of benzene rings is 1. The highest BCUT2D eigenvalue weighted by Crippen LogP contribution is 2.34. The van der Waals surface area contributed by atoms with E-state index in [-0.39, 0.29) is 5.54 Å². The lowest BCUT2D eigenvalue weighted by molar-refractivity contribution is 0.277. The van der Waals surface area contributed by atoms with Crippen LogP contribution in [0.3, 0.4) is 0 Å². The normalized spacial score (nSPS) is 27.4. The molecule has 0 aromatic heterocycles. The molecule has 0 radical (unpaired) electrons. The monoisotopic (exact) mass is 260 g/mol. The molecule has 1 saturated carbocycles. The number of aryl methyl sites for hydroxylation is 1. The fraction of sp³-hybridized carbons (Fsp3) is 0.647. The summed E-state index contributed by atoms with van der Waals surface area (Å²) in [5.41, 5.74) is 15.1. The van der Waals surface area contributed by atoms with E-state index in [1.807, 2.05) is 0 Å². The number of hydrogen-bond donors (Lipinski definition) is 2. The van der Waals surface area contributed by atoms with Gasteiger partial charge >= 0.3 is 0 Å². The van der Waals surface area contributed by atoms with Crippen molar-refractivity contribution < 1.29 is 0 Å². The van der Waals surface area contributed by atoms with Crippen molar-refractivity contribution in [2.24, 2.45) is 11.5 Å². The van der Waals surface area contributed by atoms with Gasteiger partial charge in [0.05, 0.1) is 0 Å². The maximum absolute atomic E-state index is 6.56. The Hall–Kier alpha value is -0.860. The van der Waals surface area contributed by atoms with E-state index in [1.165, 1.54) is 36.8 Å². The Bertz CT molecular complexity index is 375. The first-order valence-corrected chi connectivity index (χ1v) is 7.78. The quantitative estimate of drug-likeness (QED) is 0.796. The zero-order valence-corrected chi connectivity index (χ0v) is 12.2. The van der Waals surface area contributed by atoms with Gasteiger partial charge in [-0.05, 0) is 49.7 Å². The fourth-order valence-corrected chi connectivity index (χ4v) is 3.03. The fourth-order valence-electron chi connectivity index (χ4n) is 3.03. The predicted octanol–water partition coefficient (Wildman–Crippen LogP) is 3.47. The second-order valence-electron chi connectivity index (χ2n) is 6.15. The molecule has 0 heterocycles. The Balaban J connectivity index is 1.97. The summed E-state index contributed by atoms with van der Waals surface area (Å²) in [7, 11) is 0. The third-order valence-corrected chi connectivity index (χ3v) is 4.52. The van der Waals surface area contributed by atoms with E-state index in [2.05, 4.69) is 31.2 Å². The van der Waals surface area contributed by atoms with Gasteiger partial charge in [-0.25, -0.2) is 0 Å². The van der Waals surface area contributed by atoms with Gasteiger partial charge in [-0.15, -0.1) is 0 Å². The highest BCUT2D eigenvalue weighted by molar-refractivity contribution is 5.29. The first-order chi connectivity index (χ1) is 9.14. The molecular formula is C17H28N2. The molecule has 1 aliphatic carbocycles. The van der Waals surface area contributed by atoms with E-state index in [0.29, 0.717) is 6.04 Å². The van der Waals surface area contributed by atoms with Crippen molar-refractivity contribution in [1.82, 2.24) is 0 Å². The topological polar surface area (TPSA) is 52.0 Å². The molecule has 1 aromatic carbocycles. The molecule has 2 nitrogen and oxygen atoms in total. The lowest BCUT2D eigenvalue weighted by Gasteiger charge is -2.36. The molecule has 1 fully saturated rings. The maximum atomic E-state index is 6.56. The zero-order chi connectivity index (χ0) is 13.7. The Morgan fingerprint density at radius 2 is 1.74 bits per heavy atom. The van der Waals surface area contributed by atoms with Crippen molar-refractivity contribution in [3.8, 4) is 0 Å². The van der Waals surface area contributed by atoms with Gasteiger partial charge in [0.25, 0.3) is 0 Å². The van der Waals surface area contributed by atoms with Crippen LogP contribution in [0.25, 0.3) is 0 Å². The largest absolute Gasteiger partial charge is 0.328 e. The summed E-state index contributed by atoms with van der Waals surface area (Å²) < 4.78 is 0. The molecule has 106 valence electrons. The smallest absolute Gasteiger partial charge is 0.0410 e. The van der Waals surface area contributed by atoms with Crippen molar-refractivity contribution in [1.29, 1.82) is 0 Å². The first kappa shape index (κ1) is 14.5. The molecule has 0 unspecified atom stereocenters.